The number of hydrogen-bond donors (Lipinski definition) is 4. The molecule has 2 aromatic carbocycles. The lowest BCUT2D eigenvalue weighted by Crippen LogP contribution is -2.37. The second-order valence-corrected chi connectivity index (χ2v) is 8.98. The van der Waals surface area contributed by atoms with Crippen LogP contribution in [-0.4, -0.2) is 35.7 Å². The van der Waals surface area contributed by atoms with Crippen LogP contribution in [0.25, 0.3) is 10.9 Å². The summed E-state index contributed by atoms with van der Waals surface area (Å²) in [6.45, 7) is 0.592. The number of fused-ring (bicyclic) bond motifs is 2. The molecule has 30 heavy (non-hydrogen) atoms. The van der Waals surface area contributed by atoms with E-state index in [1.807, 2.05) is 0 Å². The quantitative estimate of drug-likeness (QED) is 0.469. The smallest absolute Gasteiger partial charge is 0.286 e. The van der Waals surface area contributed by atoms with E-state index < -0.39 is 15.6 Å². The molecule has 0 bridgehead atoms. The van der Waals surface area contributed by atoms with Gasteiger partial charge in [0.15, 0.2) is 5.84 Å². The topological polar surface area (TPSA) is 133 Å². The van der Waals surface area contributed by atoms with E-state index in [0.717, 1.165) is 18.9 Å². The van der Waals surface area contributed by atoms with E-state index >= 15 is 0 Å². The third-order valence-corrected chi connectivity index (χ3v) is 6.55. The van der Waals surface area contributed by atoms with E-state index in [2.05, 4.69) is 15.1 Å². The maximum absolute atomic E-state index is 13.3. The molecule has 0 amide bonds. The number of phenols is 1. The molecule has 9 nitrogen and oxygen atoms in total. The molecule has 1 aromatic heterocycles. The Morgan fingerprint density at radius 1 is 1.17 bits per heavy atom. The van der Waals surface area contributed by atoms with Crippen molar-refractivity contribution >= 4 is 32.4 Å². The van der Waals surface area contributed by atoms with Crippen molar-refractivity contribution < 1.29 is 18.6 Å². The Kier molecular flexibility index (Phi) is 4.00. The van der Waals surface area contributed by atoms with Crippen LogP contribution in [0, 0.1) is 5.92 Å². The first-order valence-electron chi connectivity index (χ1n) is 9.41. The number of benzene rings is 2. The predicted octanol–water partition coefficient (Wildman–Crippen LogP) is 1.93. The minimum atomic E-state index is -4.19. The predicted molar refractivity (Wildman–Crippen MR) is 112 cm³/mol. The van der Waals surface area contributed by atoms with Crippen LogP contribution in [0.15, 0.2) is 56.6 Å². The molecule has 5 rings (SSSR count). The number of sulfonamides is 1. The maximum atomic E-state index is 13.3. The van der Waals surface area contributed by atoms with Gasteiger partial charge in [-0.2, -0.15) is 8.42 Å². The molecule has 0 spiro atoms. The van der Waals surface area contributed by atoms with Crippen molar-refractivity contribution in [1.29, 1.82) is 0 Å². The molecule has 0 radical (unpaired) electrons. The van der Waals surface area contributed by atoms with Crippen molar-refractivity contribution in [3.05, 3.63) is 58.4 Å². The second-order valence-electron chi connectivity index (χ2n) is 7.41. The lowest BCUT2D eigenvalue weighted by molar-refractivity contribution is 0.473. The standard InChI is InChI=1S/C20H18N4O5S/c25-12-7-8-14-16(9-12)30(28,29)23-19(22-14)17-18(26)13-3-1-2-4-15(13)24(20(17)27)21-10-11-5-6-11/h1-4,7-9,11,21,25-26H,5-6,10H2,(H,22,23). The van der Waals surface area contributed by atoms with Crippen LogP contribution in [0.3, 0.4) is 0 Å². The number of nitrogens with zero attached hydrogens (tertiary/aromatic N) is 2. The lowest BCUT2D eigenvalue weighted by atomic mass is 10.1. The molecule has 0 unspecified atom stereocenters. The van der Waals surface area contributed by atoms with Gasteiger partial charge in [-0.1, -0.05) is 12.1 Å². The van der Waals surface area contributed by atoms with Crippen molar-refractivity contribution in [2.45, 2.75) is 17.7 Å². The third kappa shape index (κ3) is 2.96. The number of hydrogen-bond acceptors (Lipinski definition) is 7. The lowest BCUT2D eigenvalue weighted by Gasteiger charge is -2.21. The zero-order chi connectivity index (χ0) is 21.0. The minimum absolute atomic E-state index is 0.155. The Bertz CT molecular complexity index is 1390. The van der Waals surface area contributed by atoms with Crippen LogP contribution in [0.5, 0.6) is 11.5 Å². The summed E-state index contributed by atoms with van der Waals surface area (Å²) in [5, 5.41) is 23.7. The number of pyridine rings is 1. The van der Waals surface area contributed by atoms with E-state index in [-0.39, 0.29) is 33.5 Å². The van der Waals surface area contributed by atoms with Crippen LogP contribution in [0.4, 0.5) is 5.69 Å². The van der Waals surface area contributed by atoms with Gasteiger partial charge in [-0.3, -0.25) is 4.79 Å². The van der Waals surface area contributed by atoms with Gasteiger partial charge >= 0.3 is 0 Å². The largest absolute Gasteiger partial charge is 0.508 e. The minimum Gasteiger partial charge on any atom is -0.508 e. The van der Waals surface area contributed by atoms with Crippen LogP contribution in [0.1, 0.15) is 18.4 Å². The fourth-order valence-corrected chi connectivity index (χ4v) is 4.64. The van der Waals surface area contributed by atoms with Crippen molar-refractivity contribution in [2.75, 3.05) is 17.3 Å². The van der Waals surface area contributed by atoms with E-state index in [1.165, 1.54) is 16.8 Å². The molecule has 2 heterocycles. The molecule has 0 saturated heterocycles. The number of aromatic hydroxyl groups is 2. The molecule has 1 saturated carbocycles. The van der Waals surface area contributed by atoms with Crippen LogP contribution < -0.4 is 16.3 Å². The number of nitrogens with one attached hydrogen (secondary N) is 2. The van der Waals surface area contributed by atoms with Gasteiger partial charge in [-0.15, -0.1) is 4.40 Å². The SMILES string of the molecule is O=c1c(C2=NS(=O)(=O)c3cc(O)ccc3N2)c(O)c2ccccc2n1NCC1CC1. The number of aromatic nitrogens is 1. The van der Waals surface area contributed by atoms with Crippen molar-refractivity contribution in [1.82, 2.24) is 4.68 Å². The third-order valence-electron chi connectivity index (χ3n) is 5.23. The Morgan fingerprint density at radius 3 is 2.70 bits per heavy atom. The zero-order valence-electron chi connectivity index (χ0n) is 15.7. The average Bonchev–Trinajstić information content (AvgIpc) is 3.53. The van der Waals surface area contributed by atoms with Crippen LogP contribution >= 0.6 is 0 Å². The highest BCUT2D eigenvalue weighted by Gasteiger charge is 2.30. The van der Waals surface area contributed by atoms with Crippen molar-refractivity contribution in [3.8, 4) is 11.5 Å². The van der Waals surface area contributed by atoms with Crippen LogP contribution in [0.2, 0.25) is 0 Å². The van der Waals surface area contributed by atoms with Gasteiger partial charge in [0.2, 0.25) is 0 Å². The van der Waals surface area contributed by atoms with E-state index in [1.54, 1.807) is 24.3 Å². The Morgan fingerprint density at radius 2 is 1.93 bits per heavy atom. The molecule has 3 aromatic rings. The fraction of sp³-hybridized carbons (Fsp3) is 0.200. The van der Waals surface area contributed by atoms with E-state index in [0.29, 0.717) is 23.4 Å². The first-order valence-corrected chi connectivity index (χ1v) is 10.8. The molecule has 154 valence electrons. The summed E-state index contributed by atoms with van der Waals surface area (Å²) >= 11 is 0. The maximum Gasteiger partial charge on any atom is 0.286 e. The monoisotopic (exact) mass is 426 g/mol. The number of para-hydroxylation sites is 1. The molecule has 4 N–H and O–H groups in total. The molecule has 0 atom stereocenters. The second kappa shape index (κ2) is 6.49. The number of amidine groups is 1. The highest BCUT2D eigenvalue weighted by atomic mass is 32.2. The number of rotatable bonds is 4. The summed E-state index contributed by atoms with van der Waals surface area (Å²) < 4.78 is 30.4. The van der Waals surface area contributed by atoms with Gasteiger partial charge < -0.3 is 21.0 Å². The Balaban J connectivity index is 1.72. The highest BCUT2D eigenvalue weighted by Crippen LogP contribution is 2.34. The summed E-state index contributed by atoms with van der Waals surface area (Å²) in [6.07, 6.45) is 2.17. The van der Waals surface area contributed by atoms with Crippen molar-refractivity contribution in [2.24, 2.45) is 10.3 Å². The van der Waals surface area contributed by atoms with Gasteiger partial charge in [0.05, 0.1) is 11.2 Å². The first kappa shape index (κ1) is 18.5. The number of phenolic OH excluding ortho intramolecular Hbond substituents is 1. The molecule has 1 aliphatic carbocycles. The molecule has 1 fully saturated rings. The van der Waals surface area contributed by atoms with Gasteiger partial charge in [0.1, 0.15) is 22.0 Å². The normalized spacial score (nSPS) is 17.1. The summed E-state index contributed by atoms with van der Waals surface area (Å²) in [7, 11) is -4.19. The van der Waals surface area contributed by atoms with Gasteiger partial charge in [0.25, 0.3) is 15.6 Å². The summed E-state index contributed by atoms with van der Waals surface area (Å²) in [6, 6.07) is 10.6. The number of anilines is 1. The zero-order valence-corrected chi connectivity index (χ0v) is 16.5. The molecule has 1 aliphatic heterocycles. The summed E-state index contributed by atoms with van der Waals surface area (Å²) in [5.74, 6) is -0.372. The van der Waals surface area contributed by atoms with Gasteiger partial charge in [-0.25, -0.2) is 4.68 Å². The molecular weight excluding hydrogens is 408 g/mol. The Hall–Kier alpha value is -3.53. The van der Waals surface area contributed by atoms with Crippen LogP contribution in [-0.2, 0) is 10.0 Å². The van der Waals surface area contributed by atoms with E-state index in [4.69, 9.17) is 0 Å². The first-order chi connectivity index (χ1) is 14.3. The van der Waals surface area contributed by atoms with Crippen molar-refractivity contribution in [3.63, 3.8) is 0 Å². The highest BCUT2D eigenvalue weighted by molar-refractivity contribution is 7.90. The molecule has 2 aliphatic rings. The fourth-order valence-electron chi connectivity index (χ4n) is 3.49. The summed E-state index contributed by atoms with van der Waals surface area (Å²) in [5.41, 5.74) is 2.87. The molecular formula is C20H18N4O5S. The molecule has 10 heteroatoms. The van der Waals surface area contributed by atoms with E-state index in [9.17, 15) is 23.4 Å². The summed E-state index contributed by atoms with van der Waals surface area (Å²) in [4.78, 5) is 13.1. The Labute approximate surface area is 171 Å². The average molecular weight is 426 g/mol. The van der Waals surface area contributed by atoms with Gasteiger partial charge in [0, 0.05) is 18.0 Å². The van der Waals surface area contributed by atoms with Gasteiger partial charge in [-0.05, 0) is 43.0 Å².